The minimum Gasteiger partial charge on any atom is -0.492 e. The van der Waals surface area contributed by atoms with E-state index in [9.17, 15) is 14.7 Å². The molecule has 3 aliphatic rings. The van der Waals surface area contributed by atoms with E-state index in [-0.39, 0.29) is 24.7 Å². The van der Waals surface area contributed by atoms with Crippen molar-refractivity contribution in [1.82, 2.24) is 29.2 Å². The third-order valence-electron chi connectivity index (χ3n) is 5.18. The first-order chi connectivity index (χ1) is 14.6. The van der Waals surface area contributed by atoms with Crippen molar-refractivity contribution in [2.45, 2.75) is 19.4 Å². The lowest BCUT2D eigenvalue weighted by Gasteiger charge is -2.15. The second kappa shape index (κ2) is 8.72. The molecule has 158 valence electrons. The lowest BCUT2D eigenvalue weighted by molar-refractivity contribution is 0.238. The Morgan fingerprint density at radius 2 is 1.80 bits per heavy atom. The van der Waals surface area contributed by atoms with Gasteiger partial charge >= 0.3 is 5.69 Å². The SMILES string of the molecule is Cn1c(=O)nc2n(CCO)nc(-c3ccc(OCCN4CCCC4)cc3)nc-2c1=O. The standard InChI is InChI=1S/C20H24N6O4/c1-24-19(28)16-18(22-20(24)29)26(10-12-27)23-17(21-16)14-4-6-15(7-5-14)30-13-11-25-8-2-3-9-25/h4-7,27H,2-3,8-13H2,1H3. The highest BCUT2D eigenvalue weighted by Crippen LogP contribution is 2.22. The van der Waals surface area contributed by atoms with E-state index < -0.39 is 11.2 Å². The molecule has 0 radical (unpaired) electrons. The molecule has 0 amide bonds. The lowest BCUT2D eigenvalue weighted by atomic mass is 10.2. The van der Waals surface area contributed by atoms with Crippen molar-refractivity contribution in [2.24, 2.45) is 7.05 Å². The fourth-order valence-corrected chi connectivity index (χ4v) is 3.50. The van der Waals surface area contributed by atoms with Crippen molar-refractivity contribution in [3.05, 3.63) is 45.1 Å². The predicted octanol–water partition coefficient (Wildman–Crippen LogP) is -0.0293. The van der Waals surface area contributed by atoms with Gasteiger partial charge in [0.2, 0.25) is 0 Å². The zero-order chi connectivity index (χ0) is 21.1. The number of fused-ring (bicyclic) bond motifs is 1. The average Bonchev–Trinajstić information content (AvgIpc) is 3.27. The molecule has 3 aliphatic heterocycles. The van der Waals surface area contributed by atoms with E-state index in [2.05, 4.69) is 20.0 Å². The van der Waals surface area contributed by atoms with Gasteiger partial charge in [-0.2, -0.15) is 10.1 Å². The largest absolute Gasteiger partial charge is 0.492 e. The number of aliphatic hydroxyl groups is 1. The summed E-state index contributed by atoms with van der Waals surface area (Å²) < 4.78 is 8.06. The van der Waals surface area contributed by atoms with Crippen LogP contribution < -0.4 is 16.0 Å². The first kappa shape index (κ1) is 20.2. The molecule has 1 saturated heterocycles. The number of benzene rings is 1. The Hall–Kier alpha value is -3.11. The summed E-state index contributed by atoms with van der Waals surface area (Å²) in [6, 6.07) is 7.30. The van der Waals surface area contributed by atoms with Gasteiger partial charge in [-0.3, -0.25) is 14.3 Å². The van der Waals surface area contributed by atoms with E-state index in [1.165, 1.54) is 24.6 Å². The predicted molar refractivity (Wildman–Crippen MR) is 110 cm³/mol. The van der Waals surface area contributed by atoms with E-state index in [1.807, 2.05) is 24.3 Å². The first-order valence-electron chi connectivity index (χ1n) is 9.99. The lowest BCUT2D eigenvalue weighted by Crippen LogP contribution is -2.37. The van der Waals surface area contributed by atoms with Crippen molar-refractivity contribution in [2.75, 3.05) is 32.8 Å². The number of aromatic nitrogens is 5. The fourth-order valence-electron chi connectivity index (χ4n) is 3.50. The number of aliphatic hydroxyl groups excluding tert-OH is 1. The molecule has 1 aromatic carbocycles. The Balaban J connectivity index is 1.59. The molecule has 0 aromatic heterocycles. The molecular weight excluding hydrogens is 388 g/mol. The number of hydrogen-bond donors (Lipinski definition) is 1. The molecule has 1 fully saturated rings. The van der Waals surface area contributed by atoms with Gasteiger partial charge in [0.25, 0.3) is 5.56 Å². The van der Waals surface area contributed by atoms with Crippen molar-refractivity contribution < 1.29 is 9.84 Å². The summed E-state index contributed by atoms with van der Waals surface area (Å²) in [5, 5.41) is 13.7. The third-order valence-corrected chi connectivity index (χ3v) is 5.18. The molecule has 4 rings (SSSR count). The average molecular weight is 412 g/mol. The summed E-state index contributed by atoms with van der Waals surface area (Å²) in [5.41, 5.74) is -0.529. The zero-order valence-corrected chi connectivity index (χ0v) is 16.8. The first-order valence-corrected chi connectivity index (χ1v) is 9.99. The summed E-state index contributed by atoms with van der Waals surface area (Å²) in [7, 11) is 1.35. The second-order valence-corrected chi connectivity index (χ2v) is 7.23. The van der Waals surface area contributed by atoms with Gasteiger partial charge in [0.05, 0.1) is 13.2 Å². The summed E-state index contributed by atoms with van der Waals surface area (Å²) >= 11 is 0. The van der Waals surface area contributed by atoms with Gasteiger partial charge < -0.3 is 9.84 Å². The molecule has 0 saturated carbocycles. The van der Waals surface area contributed by atoms with Crippen LogP contribution in [-0.2, 0) is 13.6 Å². The van der Waals surface area contributed by atoms with Crippen LogP contribution in [0.25, 0.3) is 22.9 Å². The van der Waals surface area contributed by atoms with Gasteiger partial charge in [0.1, 0.15) is 12.4 Å². The van der Waals surface area contributed by atoms with Crippen LogP contribution in [0.5, 0.6) is 5.75 Å². The highest BCUT2D eigenvalue weighted by Gasteiger charge is 2.20. The maximum absolute atomic E-state index is 12.5. The second-order valence-electron chi connectivity index (χ2n) is 7.23. The van der Waals surface area contributed by atoms with Gasteiger partial charge in [0, 0.05) is 19.2 Å². The van der Waals surface area contributed by atoms with Gasteiger partial charge in [-0.05, 0) is 50.2 Å². The summed E-state index contributed by atoms with van der Waals surface area (Å²) in [6.45, 7) is 3.68. The van der Waals surface area contributed by atoms with Crippen molar-refractivity contribution in [1.29, 1.82) is 0 Å². The maximum Gasteiger partial charge on any atom is 0.352 e. The molecule has 3 heterocycles. The van der Waals surface area contributed by atoms with Gasteiger partial charge in [-0.25, -0.2) is 14.5 Å². The third kappa shape index (κ3) is 4.10. The number of rotatable bonds is 7. The maximum atomic E-state index is 12.5. The molecule has 0 unspecified atom stereocenters. The minimum atomic E-state index is -0.689. The van der Waals surface area contributed by atoms with Crippen LogP contribution in [-0.4, -0.2) is 67.2 Å². The Labute approximate surface area is 172 Å². The Bertz CT molecular complexity index is 1100. The number of nitrogens with zero attached hydrogens (tertiary/aromatic N) is 6. The monoisotopic (exact) mass is 412 g/mol. The number of ether oxygens (including phenoxy) is 1. The fraction of sp³-hybridized carbons (Fsp3) is 0.450. The van der Waals surface area contributed by atoms with Crippen LogP contribution in [0.3, 0.4) is 0 Å². The van der Waals surface area contributed by atoms with Crippen molar-refractivity contribution in [3.63, 3.8) is 0 Å². The Morgan fingerprint density at radius 3 is 2.50 bits per heavy atom. The van der Waals surface area contributed by atoms with E-state index in [4.69, 9.17) is 4.74 Å². The van der Waals surface area contributed by atoms with E-state index in [0.29, 0.717) is 18.0 Å². The molecule has 0 atom stereocenters. The van der Waals surface area contributed by atoms with Crippen LogP contribution in [0.4, 0.5) is 0 Å². The number of hydrogen-bond acceptors (Lipinski definition) is 8. The van der Waals surface area contributed by atoms with Crippen LogP contribution in [0.1, 0.15) is 12.8 Å². The zero-order valence-electron chi connectivity index (χ0n) is 16.8. The highest BCUT2D eigenvalue weighted by molar-refractivity contribution is 5.60. The molecule has 0 spiro atoms. The summed E-state index contributed by atoms with van der Waals surface area (Å²) in [6.07, 6.45) is 2.51. The quantitative estimate of drug-likeness (QED) is 0.575. The van der Waals surface area contributed by atoms with Gasteiger partial charge in [-0.15, -0.1) is 0 Å². The molecule has 0 bridgehead atoms. The van der Waals surface area contributed by atoms with Crippen molar-refractivity contribution in [3.8, 4) is 28.7 Å². The highest BCUT2D eigenvalue weighted by atomic mass is 16.5. The summed E-state index contributed by atoms with van der Waals surface area (Å²) in [4.78, 5) is 35.0. The molecule has 0 aliphatic carbocycles. The normalized spacial score (nSPS) is 14.5. The Kier molecular flexibility index (Phi) is 5.86. The number of likely N-dealkylation sites (tertiary alicyclic amines) is 1. The van der Waals surface area contributed by atoms with Gasteiger partial charge in [-0.1, -0.05) is 0 Å². The topological polar surface area (TPSA) is 115 Å². The van der Waals surface area contributed by atoms with Crippen LogP contribution >= 0.6 is 0 Å². The molecule has 1 aromatic rings. The minimum absolute atomic E-state index is 0.0292. The van der Waals surface area contributed by atoms with Crippen molar-refractivity contribution >= 4 is 0 Å². The van der Waals surface area contributed by atoms with Gasteiger partial charge in [0.15, 0.2) is 17.3 Å². The smallest absolute Gasteiger partial charge is 0.352 e. The molecule has 30 heavy (non-hydrogen) atoms. The van der Waals surface area contributed by atoms with E-state index in [1.54, 1.807) is 0 Å². The molecule has 10 nitrogen and oxygen atoms in total. The van der Waals surface area contributed by atoms with Crippen LogP contribution in [0.15, 0.2) is 33.9 Å². The van der Waals surface area contributed by atoms with Crippen LogP contribution in [0, 0.1) is 0 Å². The Morgan fingerprint density at radius 1 is 1.07 bits per heavy atom. The van der Waals surface area contributed by atoms with Crippen LogP contribution in [0.2, 0.25) is 0 Å². The molecule has 1 N–H and O–H groups in total. The molecule has 10 heteroatoms. The van der Waals surface area contributed by atoms with E-state index >= 15 is 0 Å². The van der Waals surface area contributed by atoms with E-state index in [0.717, 1.165) is 30.0 Å². The summed E-state index contributed by atoms with van der Waals surface area (Å²) in [5.74, 6) is 1.11. The molecular formula is C20H24N6O4.